The largest absolute Gasteiger partial charge is 0.325 e. The van der Waals surface area contributed by atoms with E-state index in [0.717, 1.165) is 11.3 Å². The highest BCUT2D eigenvalue weighted by Crippen LogP contribution is 2.46. The molecule has 2 fully saturated rings. The second-order valence-corrected chi connectivity index (χ2v) is 9.02. The molecule has 1 aliphatic heterocycles. The predicted molar refractivity (Wildman–Crippen MR) is 105 cm³/mol. The molecule has 1 aromatic carbocycles. The van der Waals surface area contributed by atoms with Crippen LogP contribution in [0.25, 0.3) is 0 Å². The van der Waals surface area contributed by atoms with Crippen LogP contribution in [0.15, 0.2) is 18.2 Å². The summed E-state index contributed by atoms with van der Waals surface area (Å²) in [7, 11) is 0. The van der Waals surface area contributed by atoms with E-state index >= 15 is 0 Å². The van der Waals surface area contributed by atoms with Gasteiger partial charge in [-0.15, -0.1) is 0 Å². The van der Waals surface area contributed by atoms with Crippen LogP contribution >= 0.6 is 11.6 Å². The number of hydrogen-bond acceptors (Lipinski definition) is 4. The van der Waals surface area contributed by atoms with Crippen molar-refractivity contribution in [3.05, 3.63) is 28.8 Å². The number of amides is 4. The van der Waals surface area contributed by atoms with E-state index in [4.69, 9.17) is 16.9 Å². The first-order valence-corrected chi connectivity index (χ1v) is 9.57. The summed E-state index contributed by atoms with van der Waals surface area (Å²) in [4.78, 5) is 38.9. The van der Waals surface area contributed by atoms with Crippen LogP contribution in [0, 0.1) is 22.7 Å². The molecule has 1 saturated carbocycles. The first kappa shape index (κ1) is 20.2. The molecule has 1 spiro atoms. The minimum Gasteiger partial charge on any atom is -0.324 e. The molecular formula is C20H23ClN4O3. The lowest BCUT2D eigenvalue weighted by Crippen LogP contribution is -2.54. The van der Waals surface area contributed by atoms with Crippen molar-refractivity contribution in [1.29, 1.82) is 5.26 Å². The molecule has 3 rings (SSSR count). The molecule has 2 aliphatic rings. The first-order chi connectivity index (χ1) is 13.0. The molecule has 8 heteroatoms. The molecule has 0 unspecified atom stereocenters. The van der Waals surface area contributed by atoms with E-state index in [1.807, 2.05) is 6.07 Å². The lowest BCUT2D eigenvalue weighted by atomic mass is 9.64. The molecule has 0 aromatic heterocycles. The van der Waals surface area contributed by atoms with Crippen LogP contribution in [-0.2, 0) is 9.59 Å². The number of benzene rings is 1. The highest BCUT2D eigenvalue weighted by atomic mass is 35.5. The van der Waals surface area contributed by atoms with Crippen molar-refractivity contribution in [3.8, 4) is 6.07 Å². The Bertz CT molecular complexity index is 892. The van der Waals surface area contributed by atoms with Crippen LogP contribution in [0.2, 0.25) is 5.02 Å². The number of nitrogens with zero attached hydrogens (tertiary/aromatic N) is 2. The van der Waals surface area contributed by atoms with Gasteiger partial charge in [0.15, 0.2) is 0 Å². The number of imide groups is 1. The Labute approximate surface area is 169 Å². The third kappa shape index (κ3) is 3.83. The average molecular weight is 403 g/mol. The van der Waals surface area contributed by atoms with E-state index in [9.17, 15) is 14.4 Å². The molecule has 0 bridgehead atoms. The van der Waals surface area contributed by atoms with Crippen LogP contribution in [0.5, 0.6) is 0 Å². The SMILES string of the molecule is C[C@@H]1CC(C)(C)C[C@]2(C1)NC(=O)N(CC(=O)Nc1ccc(C#N)c(Cl)c1)C2=O. The van der Waals surface area contributed by atoms with Gasteiger partial charge in [-0.3, -0.25) is 14.5 Å². The molecule has 1 heterocycles. The summed E-state index contributed by atoms with van der Waals surface area (Å²) in [5.74, 6) is -0.558. The number of halogens is 1. The highest BCUT2D eigenvalue weighted by molar-refractivity contribution is 6.32. The van der Waals surface area contributed by atoms with Crippen molar-refractivity contribution < 1.29 is 14.4 Å². The summed E-state index contributed by atoms with van der Waals surface area (Å²) in [5.41, 5.74) is -0.318. The number of nitrogens with one attached hydrogen (secondary N) is 2. The Morgan fingerprint density at radius 3 is 2.71 bits per heavy atom. The van der Waals surface area contributed by atoms with Gasteiger partial charge in [-0.1, -0.05) is 32.4 Å². The topological polar surface area (TPSA) is 102 Å². The molecule has 1 aliphatic carbocycles. The third-order valence-electron chi connectivity index (χ3n) is 5.30. The molecule has 1 saturated heterocycles. The second kappa shape index (κ2) is 7.10. The average Bonchev–Trinajstić information content (AvgIpc) is 2.76. The molecular weight excluding hydrogens is 380 g/mol. The number of carbonyl (C=O) groups is 3. The van der Waals surface area contributed by atoms with Crippen molar-refractivity contribution >= 4 is 35.1 Å². The number of nitriles is 1. The number of urea groups is 1. The van der Waals surface area contributed by atoms with Gasteiger partial charge in [-0.2, -0.15) is 5.26 Å². The van der Waals surface area contributed by atoms with Crippen LogP contribution < -0.4 is 10.6 Å². The Hall–Kier alpha value is -2.59. The zero-order valence-electron chi connectivity index (χ0n) is 16.1. The van der Waals surface area contributed by atoms with Gasteiger partial charge in [-0.05, 0) is 48.8 Å². The van der Waals surface area contributed by atoms with Gasteiger partial charge >= 0.3 is 6.03 Å². The van der Waals surface area contributed by atoms with Gasteiger partial charge in [0.25, 0.3) is 5.91 Å². The lowest BCUT2D eigenvalue weighted by Gasteiger charge is -2.43. The van der Waals surface area contributed by atoms with Gasteiger partial charge < -0.3 is 10.6 Å². The van der Waals surface area contributed by atoms with Crippen molar-refractivity contribution in [2.24, 2.45) is 11.3 Å². The van der Waals surface area contributed by atoms with Crippen LogP contribution in [0.3, 0.4) is 0 Å². The fourth-order valence-electron chi connectivity index (χ4n) is 4.68. The molecule has 4 amide bonds. The predicted octanol–water partition coefficient (Wildman–Crippen LogP) is 3.29. The first-order valence-electron chi connectivity index (χ1n) is 9.19. The zero-order chi connectivity index (χ0) is 20.7. The van der Waals surface area contributed by atoms with Gasteiger partial charge in [-0.25, -0.2) is 4.79 Å². The second-order valence-electron chi connectivity index (χ2n) is 8.61. The van der Waals surface area contributed by atoms with Crippen molar-refractivity contribution in [2.75, 3.05) is 11.9 Å². The molecule has 148 valence electrons. The van der Waals surface area contributed by atoms with E-state index < -0.39 is 17.5 Å². The fraction of sp³-hybridized carbons (Fsp3) is 0.500. The van der Waals surface area contributed by atoms with E-state index in [1.165, 1.54) is 12.1 Å². The molecule has 7 nitrogen and oxygen atoms in total. The molecule has 2 atom stereocenters. The van der Waals surface area contributed by atoms with E-state index in [2.05, 4.69) is 31.4 Å². The van der Waals surface area contributed by atoms with Gasteiger partial charge in [0, 0.05) is 5.69 Å². The smallest absolute Gasteiger partial charge is 0.324 e. The summed E-state index contributed by atoms with van der Waals surface area (Å²) in [5, 5.41) is 14.6. The van der Waals surface area contributed by atoms with Crippen LogP contribution in [0.1, 0.15) is 45.6 Å². The maximum atomic E-state index is 13.1. The number of anilines is 1. The van der Waals surface area contributed by atoms with Gasteiger partial charge in [0.2, 0.25) is 5.91 Å². The van der Waals surface area contributed by atoms with Gasteiger partial charge in [0.05, 0.1) is 10.6 Å². The van der Waals surface area contributed by atoms with E-state index in [1.54, 1.807) is 6.07 Å². The summed E-state index contributed by atoms with van der Waals surface area (Å²) < 4.78 is 0. The van der Waals surface area contributed by atoms with Crippen molar-refractivity contribution in [2.45, 2.75) is 45.6 Å². The number of carbonyl (C=O) groups excluding carboxylic acids is 3. The quantitative estimate of drug-likeness (QED) is 0.757. The third-order valence-corrected chi connectivity index (χ3v) is 5.61. The summed E-state index contributed by atoms with van der Waals surface area (Å²) in [6.45, 7) is 5.88. The molecule has 2 N–H and O–H groups in total. The lowest BCUT2D eigenvalue weighted by molar-refractivity contribution is -0.136. The Kier molecular flexibility index (Phi) is 5.11. The zero-order valence-corrected chi connectivity index (χ0v) is 16.9. The van der Waals surface area contributed by atoms with E-state index in [-0.39, 0.29) is 22.9 Å². The van der Waals surface area contributed by atoms with Crippen LogP contribution in [0.4, 0.5) is 10.5 Å². The normalized spacial score (nSPS) is 26.1. The summed E-state index contributed by atoms with van der Waals surface area (Å²) >= 11 is 5.96. The Balaban J connectivity index is 1.71. The number of hydrogen-bond donors (Lipinski definition) is 2. The number of rotatable bonds is 3. The Morgan fingerprint density at radius 2 is 2.11 bits per heavy atom. The fourth-order valence-corrected chi connectivity index (χ4v) is 4.90. The standard InChI is InChI=1S/C20H23ClN4O3/c1-12-7-19(2,3)11-20(8-12)17(27)25(18(28)24-20)10-16(26)23-14-5-4-13(9-22)15(21)6-14/h4-6,12H,7-8,10-11H2,1-3H3,(H,23,26)(H,24,28)/t12-,20+/m1/s1. The van der Waals surface area contributed by atoms with Gasteiger partial charge in [0.1, 0.15) is 18.2 Å². The molecule has 1 aromatic rings. The summed E-state index contributed by atoms with van der Waals surface area (Å²) in [6.07, 6.45) is 2.11. The minimum atomic E-state index is -0.934. The van der Waals surface area contributed by atoms with Crippen molar-refractivity contribution in [3.63, 3.8) is 0 Å². The minimum absolute atomic E-state index is 0.0713. The van der Waals surface area contributed by atoms with Crippen LogP contribution in [-0.4, -0.2) is 34.8 Å². The monoisotopic (exact) mass is 402 g/mol. The Morgan fingerprint density at radius 1 is 1.39 bits per heavy atom. The molecule has 28 heavy (non-hydrogen) atoms. The maximum Gasteiger partial charge on any atom is 0.325 e. The maximum absolute atomic E-state index is 13.1. The summed E-state index contributed by atoms with van der Waals surface area (Å²) in [6, 6.07) is 5.89. The molecule has 0 radical (unpaired) electrons. The van der Waals surface area contributed by atoms with Crippen molar-refractivity contribution in [1.82, 2.24) is 10.2 Å². The van der Waals surface area contributed by atoms with E-state index in [0.29, 0.717) is 30.0 Å². The highest BCUT2D eigenvalue weighted by Gasteiger charge is 2.56.